The molecule has 1 heterocycles. The van der Waals surface area contributed by atoms with Crippen LogP contribution in [0, 0.1) is 0 Å². The predicted molar refractivity (Wildman–Crippen MR) is 90.2 cm³/mol. The van der Waals surface area contributed by atoms with E-state index in [1.165, 1.54) is 4.57 Å². The van der Waals surface area contributed by atoms with Crippen LogP contribution in [-0.2, 0) is 11.3 Å². The molecule has 0 aliphatic carbocycles. The first kappa shape index (κ1) is 15.8. The van der Waals surface area contributed by atoms with Crippen molar-refractivity contribution in [2.24, 2.45) is 0 Å². The van der Waals surface area contributed by atoms with Gasteiger partial charge >= 0.3 is 0 Å². The van der Waals surface area contributed by atoms with Gasteiger partial charge in [-0.05, 0) is 56.1 Å². The third kappa shape index (κ3) is 4.44. The minimum absolute atomic E-state index is 0.171. The van der Waals surface area contributed by atoms with Gasteiger partial charge in [-0.3, -0.25) is 9.59 Å². The van der Waals surface area contributed by atoms with Gasteiger partial charge in [-0.15, -0.1) is 0 Å². The Bertz CT molecular complexity index is 728. The van der Waals surface area contributed by atoms with E-state index in [0.717, 1.165) is 4.47 Å². The highest BCUT2D eigenvalue weighted by molar-refractivity contribution is 9.11. The summed E-state index contributed by atoms with van der Waals surface area (Å²) < 4.78 is 2.70. The van der Waals surface area contributed by atoms with E-state index in [1.54, 1.807) is 36.5 Å². The molecule has 0 spiro atoms. The maximum atomic E-state index is 11.9. The van der Waals surface area contributed by atoms with Crippen molar-refractivity contribution in [3.8, 4) is 0 Å². The number of aryl methyl sites for hydroxylation is 1. The van der Waals surface area contributed by atoms with Gasteiger partial charge in [-0.2, -0.15) is 0 Å². The second-order valence-corrected chi connectivity index (χ2v) is 6.20. The molecule has 0 atom stereocenters. The van der Waals surface area contributed by atoms with Gasteiger partial charge in [0.05, 0.1) is 4.47 Å². The Morgan fingerprint density at radius 2 is 2.05 bits per heavy atom. The van der Waals surface area contributed by atoms with Crippen LogP contribution < -0.4 is 16.6 Å². The van der Waals surface area contributed by atoms with Gasteiger partial charge in [0, 0.05) is 35.0 Å². The van der Waals surface area contributed by atoms with Crippen molar-refractivity contribution in [1.29, 1.82) is 0 Å². The van der Waals surface area contributed by atoms with Crippen LogP contribution in [0.15, 0.2) is 50.3 Å². The lowest BCUT2D eigenvalue weighted by atomic mass is 10.2. The van der Waals surface area contributed by atoms with Crippen LogP contribution in [0.25, 0.3) is 0 Å². The Labute approximate surface area is 138 Å². The van der Waals surface area contributed by atoms with Gasteiger partial charge in [0.25, 0.3) is 5.56 Å². The van der Waals surface area contributed by atoms with Crippen LogP contribution in [0.2, 0.25) is 0 Å². The maximum absolute atomic E-state index is 11.9. The largest absolute Gasteiger partial charge is 0.399 e. The molecule has 5 nitrogen and oxygen atoms in total. The van der Waals surface area contributed by atoms with E-state index in [4.69, 9.17) is 5.73 Å². The number of anilines is 2. The molecule has 7 heteroatoms. The highest BCUT2D eigenvalue weighted by atomic mass is 79.9. The van der Waals surface area contributed by atoms with E-state index < -0.39 is 0 Å². The topological polar surface area (TPSA) is 77.1 Å². The molecule has 0 aliphatic rings. The fourth-order valence-electron chi connectivity index (χ4n) is 1.79. The number of nitrogens with two attached hydrogens (primary N) is 1. The molecule has 0 saturated carbocycles. The minimum atomic E-state index is -0.177. The van der Waals surface area contributed by atoms with E-state index >= 15 is 0 Å². The maximum Gasteiger partial charge on any atom is 0.264 e. The number of halogens is 2. The molecule has 1 amide bonds. The number of carbonyl (C=O) groups excluding carboxylic acids is 1. The van der Waals surface area contributed by atoms with Gasteiger partial charge in [-0.25, -0.2) is 0 Å². The quantitative estimate of drug-likeness (QED) is 0.755. The molecule has 0 unspecified atom stereocenters. The number of pyridine rings is 1. The molecule has 110 valence electrons. The highest BCUT2D eigenvalue weighted by Crippen LogP contribution is 2.14. The number of carbonyl (C=O) groups is 1. The summed E-state index contributed by atoms with van der Waals surface area (Å²) in [6.45, 7) is 0.297. The Morgan fingerprint density at radius 3 is 2.76 bits per heavy atom. The van der Waals surface area contributed by atoms with Gasteiger partial charge in [0.15, 0.2) is 0 Å². The van der Waals surface area contributed by atoms with Crippen molar-refractivity contribution in [3.63, 3.8) is 0 Å². The number of aromatic nitrogens is 1. The second-order valence-electron chi connectivity index (χ2n) is 4.43. The van der Waals surface area contributed by atoms with E-state index in [0.29, 0.717) is 22.4 Å². The van der Waals surface area contributed by atoms with Crippen molar-refractivity contribution in [3.05, 3.63) is 55.8 Å². The Hall–Kier alpha value is -1.60. The molecular weight excluding hydrogens is 402 g/mol. The molecule has 0 bridgehead atoms. The smallest absolute Gasteiger partial charge is 0.264 e. The molecule has 1 aromatic carbocycles. The summed E-state index contributed by atoms with van der Waals surface area (Å²) in [5.74, 6) is -0.177. The van der Waals surface area contributed by atoms with Crippen molar-refractivity contribution < 1.29 is 4.79 Å². The molecule has 0 radical (unpaired) electrons. The summed E-state index contributed by atoms with van der Waals surface area (Å²) in [5.41, 5.74) is 6.70. The lowest BCUT2D eigenvalue weighted by Gasteiger charge is -2.08. The standard InChI is InChI=1S/C14H13Br2N3O2/c15-9-6-12(16)14(21)19(8-9)5-4-13(20)18-11-3-1-2-10(17)7-11/h1-3,6-8H,4-5,17H2,(H,18,20). The zero-order valence-corrected chi connectivity index (χ0v) is 14.1. The summed E-state index contributed by atoms with van der Waals surface area (Å²) >= 11 is 6.50. The fourth-order valence-corrected chi connectivity index (χ4v) is 3.05. The van der Waals surface area contributed by atoms with Crippen LogP contribution in [0.3, 0.4) is 0 Å². The number of hydrogen-bond acceptors (Lipinski definition) is 3. The van der Waals surface area contributed by atoms with Crippen LogP contribution >= 0.6 is 31.9 Å². The zero-order chi connectivity index (χ0) is 15.4. The van der Waals surface area contributed by atoms with Crippen molar-refractivity contribution in [2.45, 2.75) is 13.0 Å². The number of nitrogens with one attached hydrogen (secondary N) is 1. The van der Waals surface area contributed by atoms with Gasteiger partial charge in [0.1, 0.15) is 0 Å². The molecule has 2 rings (SSSR count). The second kappa shape index (κ2) is 6.91. The lowest BCUT2D eigenvalue weighted by Crippen LogP contribution is -2.23. The number of amides is 1. The van der Waals surface area contributed by atoms with Crippen LogP contribution in [0.4, 0.5) is 11.4 Å². The summed E-state index contributed by atoms with van der Waals surface area (Å²) in [6.07, 6.45) is 1.85. The van der Waals surface area contributed by atoms with E-state index in [9.17, 15) is 9.59 Å². The Morgan fingerprint density at radius 1 is 1.29 bits per heavy atom. The highest BCUT2D eigenvalue weighted by Gasteiger charge is 2.07. The molecule has 0 fully saturated rings. The van der Waals surface area contributed by atoms with Crippen molar-refractivity contribution in [2.75, 3.05) is 11.1 Å². The third-order valence-electron chi connectivity index (χ3n) is 2.76. The summed E-state index contributed by atoms with van der Waals surface area (Å²) in [7, 11) is 0. The number of rotatable bonds is 4. The summed E-state index contributed by atoms with van der Waals surface area (Å²) in [4.78, 5) is 23.8. The molecule has 1 aromatic heterocycles. The Balaban J connectivity index is 2.00. The van der Waals surface area contributed by atoms with E-state index in [-0.39, 0.29) is 17.9 Å². The minimum Gasteiger partial charge on any atom is -0.399 e. The third-order valence-corrected chi connectivity index (χ3v) is 3.76. The number of nitrogen functional groups attached to an aromatic ring is 1. The number of benzene rings is 1. The SMILES string of the molecule is Nc1cccc(NC(=O)CCn2cc(Br)cc(Br)c2=O)c1. The van der Waals surface area contributed by atoms with Crippen LogP contribution in [0.5, 0.6) is 0 Å². The first-order valence-corrected chi connectivity index (χ1v) is 7.75. The van der Waals surface area contributed by atoms with Gasteiger partial charge in [-0.1, -0.05) is 6.07 Å². The molecule has 0 aliphatic heterocycles. The Kier molecular flexibility index (Phi) is 5.19. The molecule has 21 heavy (non-hydrogen) atoms. The normalized spacial score (nSPS) is 10.4. The lowest BCUT2D eigenvalue weighted by molar-refractivity contribution is -0.116. The van der Waals surface area contributed by atoms with Crippen molar-refractivity contribution in [1.82, 2.24) is 4.57 Å². The average Bonchev–Trinajstić information content (AvgIpc) is 2.41. The number of hydrogen-bond donors (Lipinski definition) is 2. The average molecular weight is 415 g/mol. The van der Waals surface area contributed by atoms with Gasteiger partial charge < -0.3 is 15.6 Å². The number of nitrogens with zero attached hydrogens (tertiary/aromatic N) is 1. The van der Waals surface area contributed by atoms with Crippen LogP contribution in [0.1, 0.15) is 6.42 Å². The molecule has 3 N–H and O–H groups in total. The van der Waals surface area contributed by atoms with E-state index in [1.807, 2.05) is 0 Å². The van der Waals surface area contributed by atoms with Gasteiger partial charge in [0.2, 0.25) is 5.91 Å². The van der Waals surface area contributed by atoms with Crippen LogP contribution in [-0.4, -0.2) is 10.5 Å². The molecular formula is C14H13Br2N3O2. The molecule has 0 saturated heterocycles. The summed E-state index contributed by atoms with van der Waals surface area (Å²) in [5, 5.41) is 2.74. The summed E-state index contributed by atoms with van der Waals surface area (Å²) in [6, 6.07) is 8.62. The van der Waals surface area contributed by atoms with Crippen molar-refractivity contribution >= 4 is 49.1 Å². The fraction of sp³-hybridized carbons (Fsp3) is 0.143. The predicted octanol–water partition coefficient (Wildman–Crippen LogP) is 2.98. The first-order valence-electron chi connectivity index (χ1n) is 6.16. The zero-order valence-electron chi connectivity index (χ0n) is 11.0. The molecule has 2 aromatic rings. The monoisotopic (exact) mass is 413 g/mol. The van der Waals surface area contributed by atoms with E-state index in [2.05, 4.69) is 37.2 Å². The first-order chi connectivity index (χ1) is 9.95.